The maximum Gasteiger partial charge on any atom is 0.255 e. The van der Waals surface area contributed by atoms with E-state index in [0.717, 1.165) is 27.3 Å². The van der Waals surface area contributed by atoms with Gasteiger partial charge in [0.1, 0.15) is 0 Å². The molecule has 1 unspecified atom stereocenters. The van der Waals surface area contributed by atoms with Crippen LogP contribution in [-0.2, 0) is 4.79 Å². The van der Waals surface area contributed by atoms with Gasteiger partial charge in [-0.05, 0) is 80.8 Å². The summed E-state index contributed by atoms with van der Waals surface area (Å²) in [6.45, 7) is 7.81. The molecule has 2 amide bonds. The topological polar surface area (TPSA) is 58.2 Å². The lowest BCUT2D eigenvalue weighted by molar-refractivity contribution is -0.115. The largest absolute Gasteiger partial charge is 0.325 e. The molecule has 0 spiro atoms. The van der Waals surface area contributed by atoms with Crippen LogP contribution in [0.4, 0.5) is 11.4 Å². The van der Waals surface area contributed by atoms with Crippen LogP contribution in [-0.4, -0.2) is 17.1 Å². The van der Waals surface area contributed by atoms with E-state index >= 15 is 0 Å². The fourth-order valence-electron chi connectivity index (χ4n) is 3.22. The quantitative estimate of drug-likeness (QED) is 0.484. The highest BCUT2D eigenvalue weighted by molar-refractivity contribution is 8.00. The van der Waals surface area contributed by atoms with Crippen LogP contribution >= 0.6 is 11.8 Å². The van der Waals surface area contributed by atoms with E-state index in [2.05, 4.69) is 16.7 Å². The van der Waals surface area contributed by atoms with Crippen molar-refractivity contribution in [1.29, 1.82) is 0 Å². The zero-order valence-electron chi connectivity index (χ0n) is 17.7. The molecule has 0 heterocycles. The molecule has 0 radical (unpaired) electrons. The third-order valence-electron chi connectivity index (χ3n) is 4.65. The van der Waals surface area contributed by atoms with Gasteiger partial charge in [0, 0.05) is 21.8 Å². The standard InChI is InChI=1S/C25H26N2O2S/c1-16-12-17(2)14-21(13-16)27-24(28)19(4)30-22-10-7-9-20(15-22)26-25(29)23-11-6-5-8-18(23)3/h5-15,19H,1-4H3,(H,26,29)(H,27,28). The second-order valence-corrected chi connectivity index (χ2v) is 8.84. The second-order valence-electron chi connectivity index (χ2n) is 7.42. The molecule has 2 N–H and O–H groups in total. The van der Waals surface area contributed by atoms with Crippen molar-refractivity contribution in [1.82, 2.24) is 0 Å². The van der Waals surface area contributed by atoms with E-state index in [4.69, 9.17) is 0 Å². The van der Waals surface area contributed by atoms with Crippen LogP contribution in [0.1, 0.15) is 34.0 Å². The molecule has 3 aromatic rings. The monoisotopic (exact) mass is 418 g/mol. The fraction of sp³-hybridized carbons (Fsp3) is 0.200. The summed E-state index contributed by atoms with van der Waals surface area (Å²) in [6, 6.07) is 21.0. The Morgan fingerprint density at radius 3 is 2.20 bits per heavy atom. The lowest BCUT2D eigenvalue weighted by Crippen LogP contribution is -2.22. The molecule has 0 aliphatic heterocycles. The van der Waals surface area contributed by atoms with Crippen molar-refractivity contribution in [3.8, 4) is 0 Å². The summed E-state index contributed by atoms with van der Waals surface area (Å²) in [5, 5.41) is 5.65. The highest BCUT2D eigenvalue weighted by Crippen LogP contribution is 2.27. The third kappa shape index (κ3) is 5.74. The summed E-state index contributed by atoms with van der Waals surface area (Å²) in [7, 11) is 0. The molecule has 0 bridgehead atoms. The number of carbonyl (C=O) groups is 2. The van der Waals surface area contributed by atoms with E-state index in [-0.39, 0.29) is 17.1 Å². The van der Waals surface area contributed by atoms with Gasteiger partial charge in [-0.3, -0.25) is 9.59 Å². The van der Waals surface area contributed by atoms with Crippen molar-refractivity contribution in [2.75, 3.05) is 10.6 Å². The van der Waals surface area contributed by atoms with Crippen LogP contribution in [0.3, 0.4) is 0 Å². The Kier molecular flexibility index (Phi) is 6.95. The van der Waals surface area contributed by atoms with Gasteiger partial charge in [0.05, 0.1) is 5.25 Å². The zero-order chi connectivity index (χ0) is 21.7. The summed E-state index contributed by atoms with van der Waals surface area (Å²) < 4.78 is 0. The number of amides is 2. The van der Waals surface area contributed by atoms with Gasteiger partial charge < -0.3 is 10.6 Å². The smallest absolute Gasteiger partial charge is 0.255 e. The minimum atomic E-state index is -0.284. The molecular weight excluding hydrogens is 392 g/mol. The second kappa shape index (κ2) is 9.63. The summed E-state index contributed by atoms with van der Waals surface area (Å²) >= 11 is 1.46. The number of anilines is 2. The number of nitrogens with one attached hydrogen (secondary N) is 2. The Bertz CT molecular complexity index is 1060. The maximum atomic E-state index is 12.6. The van der Waals surface area contributed by atoms with Crippen molar-refractivity contribution >= 4 is 35.0 Å². The summed E-state index contributed by atoms with van der Waals surface area (Å²) in [4.78, 5) is 26.1. The number of benzene rings is 3. The summed E-state index contributed by atoms with van der Waals surface area (Å²) in [5.74, 6) is -0.199. The van der Waals surface area contributed by atoms with E-state index in [1.54, 1.807) is 0 Å². The van der Waals surface area contributed by atoms with E-state index in [1.807, 2.05) is 88.4 Å². The van der Waals surface area contributed by atoms with Crippen LogP contribution in [0.2, 0.25) is 0 Å². The van der Waals surface area contributed by atoms with E-state index < -0.39 is 0 Å². The Balaban J connectivity index is 1.64. The Labute approximate surface area is 182 Å². The van der Waals surface area contributed by atoms with Crippen LogP contribution in [0.25, 0.3) is 0 Å². The number of hydrogen-bond donors (Lipinski definition) is 2. The minimum absolute atomic E-state index is 0.0562. The van der Waals surface area contributed by atoms with Crippen molar-refractivity contribution < 1.29 is 9.59 Å². The van der Waals surface area contributed by atoms with Crippen molar-refractivity contribution in [2.24, 2.45) is 0 Å². The maximum absolute atomic E-state index is 12.6. The number of aryl methyl sites for hydroxylation is 3. The lowest BCUT2D eigenvalue weighted by atomic mass is 10.1. The van der Waals surface area contributed by atoms with Crippen molar-refractivity contribution in [2.45, 2.75) is 37.8 Å². The minimum Gasteiger partial charge on any atom is -0.325 e. The number of thioether (sulfide) groups is 1. The molecule has 4 nitrogen and oxygen atoms in total. The van der Waals surface area contributed by atoms with Crippen LogP contribution < -0.4 is 10.6 Å². The van der Waals surface area contributed by atoms with Crippen LogP contribution in [0.5, 0.6) is 0 Å². The number of rotatable bonds is 6. The third-order valence-corrected chi connectivity index (χ3v) is 5.75. The molecular formula is C25H26N2O2S. The molecule has 0 aromatic heterocycles. The van der Waals surface area contributed by atoms with Gasteiger partial charge in [-0.1, -0.05) is 30.3 Å². The predicted octanol–water partition coefficient (Wildman–Crippen LogP) is 5.98. The molecule has 1 atom stereocenters. The zero-order valence-corrected chi connectivity index (χ0v) is 18.5. The van der Waals surface area contributed by atoms with Crippen LogP contribution in [0.15, 0.2) is 71.6 Å². The molecule has 30 heavy (non-hydrogen) atoms. The molecule has 0 aliphatic carbocycles. The number of hydrogen-bond acceptors (Lipinski definition) is 3. The molecule has 154 valence electrons. The molecule has 0 fully saturated rings. The van der Waals surface area contributed by atoms with Gasteiger partial charge in [0.2, 0.25) is 5.91 Å². The van der Waals surface area contributed by atoms with Gasteiger partial charge in [-0.2, -0.15) is 0 Å². The lowest BCUT2D eigenvalue weighted by Gasteiger charge is -2.14. The normalized spacial score (nSPS) is 11.6. The first-order valence-electron chi connectivity index (χ1n) is 9.84. The van der Waals surface area contributed by atoms with E-state index in [0.29, 0.717) is 11.3 Å². The van der Waals surface area contributed by atoms with Gasteiger partial charge in [-0.15, -0.1) is 11.8 Å². The van der Waals surface area contributed by atoms with Crippen LogP contribution in [0, 0.1) is 20.8 Å². The first-order valence-corrected chi connectivity index (χ1v) is 10.7. The predicted molar refractivity (Wildman–Crippen MR) is 125 cm³/mol. The first kappa shape index (κ1) is 21.7. The highest BCUT2D eigenvalue weighted by atomic mass is 32.2. The molecule has 5 heteroatoms. The fourth-order valence-corrected chi connectivity index (χ4v) is 4.15. The van der Waals surface area contributed by atoms with E-state index in [9.17, 15) is 9.59 Å². The first-order chi connectivity index (χ1) is 14.3. The summed E-state index contributed by atoms with van der Waals surface area (Å²) in [6.07, 6.45) is 0. The van der Waals surface area contributed by atoms with E-state index in [1.165, 1.54) is 11.8 Å². The highest BCUT2D eigenvalue weighted by Gasteiger charge is 2.16. The molecule has 0 aliphatic rings. The average molecular weight is 419 g/mol. The Morgan fingerprint density at radius 2 is 1.50 bits per heavy atom. The van der Waals surface area contributed by atoms with Crippen molar-refractivity contribution in [3.05, 3.63) is 89.0 Å². The Hall–Kier alpha value is -3.05. The summed E-state index contributed by atoms with van der Waals surface area (Å²) in [5.41, 5.74) is 5.32. The average Bonchev–Trinajstić information content (AvgIpc) is 2.67. The van der Waals surface area contributed by atoms with Gasteiger partial charge >= 0.3 is 0 Å². The number of carbonyl (C=O) groups excluding carboxylic acids is 2. The van der Waals surface area contributed by atoms with Gasteiger partial charge in [0.25, 0.3) is 5.91 Å². The van der Waals surface area contributed by atoms with Gasteiger partial charge in [0.15, 0.2) is 0 Å². The molecule has 0 saturated carbocycles. The van der Waals surface area contributed by atoms with Gasteiger partial charge in [-0.25, -0.2) is 0 Å². The molecule has 3 rings (SSSR count). The molecule has 0 saturated heterocycles. The molecule has 3 aromatic carbocycles. The SMILES string of the molecule is Cc1cc(C)cc(NC(=O)C(C)Sc2cccc(NC(=O)c3ccccc3C)c2)c1. The Morgan fingerprint density at radius 1 is 0.800 bits per heavy atom. The van der Waals surface area contributed by atoms with Crippen molar-refractivity contribution in [3.63, 3.8) is 0 Å².